The molecule has 3 heteroatoms. The Hall–Kier alpha value is -1.64. The molecule has 0 N–H and O–H groups in total. The molecule has 4 atom stereocenters. The lowest BCUT2D eigenvalue weighted by Gasteiger charge is -2.49. The molecule has 2 saturated carbocycles. The van der Waals surface area contributed by atoms with Gasteiger partial charge in [-0.1, -0.05) is 13.8 Å². The molecule has 0 aromatic carbocycles. The fourth-order valence-electron chi connectivity index (χ4n) is 4.32. The van der Waals surface area contributed by atoms with Crippen molar-refractivity contribution in [3.8, 4) is 0 Å². The first-order chi connectivity index (χ1) is 10.5. The Morgan fingerprint density at radius 1 is 1.41 bits per heavy atom. The van der Waals surface area contributed by atoms with Gasteiger partial charge in [0.25, 0.3) is 0 Å². The number of hydrogen-bond donors (Lipinski definition) is 0. The molecule has 0 aliphatic heterocycles. The maximum Gasteiger partial charge on any atom is 0.158 e. The van der Waals surface area contributed by atoms with E-state index in [4.69, 9.17) is 4.42 Å². The van der Waals surface area contributed by atoms with Crippen molar-refractivity contribution in [2.75, 3.05) is 0 Å². The van der Waals surface area contributed by atoms with Gasteiger partial charge in [-0.2, -0.15) is 0 Å². The van der Waals surface area contributed by atoms with Crippen molar-refractivity contribution in [3.63, 3.8) is 0 Å². The Balaban J connectivity index is 1.69. The summed E-state index contributed by atoms with van der Waals surface area (Å²) in [5, 5.41) is 0. The van der Waals surface area contributed by atoms with Gasteiger partial charge >= 0.3 is 0 Å². The summed E-state index contributed by atoms with van der Waals surface area (Å²) < 4.78 is 5.22. The lowest BCUT2D eigenvalue weighted by molar-refractivity contribution is -0.136. The number of allylic oxidation sites excluding steroid dienone is 1. The number of fused-ring (bicyclic) bond motifs is 1. The number of ketones is 2. The highest BCUT2D eigenvalue weighted by molar-refractivity contribution is 5.95. The van der Waals surface area contributed by atoms with E-state index in [-0.39, 0.29) is 23.0 Å². The van der Waals surface area contributed by atoms with Crippen LogP contribution in [0.25, 0.3) is 6.08 Å². The minimum Gasteiger partial charge on any atom is -0.465 e. The Kier molecular flexibility index (Phi) is 4.07. The van der Waals surface area contributed by atoms with Crippen molar-refractivity contribution in [1.82, 2.24) is 0 Å². The zero-order chi connectivity index (χ0) is 15.7. The lowest BCUT2D eigenvalue weighted by atomic mass is 9.54. The van der Waals surface area contributed by atoms with Crippen molar-refractivity contribution in [2.24, 2.45) is 23.2 Å². The fourth-order valence-corrected chi connectivity index (χ4v) is 4.32. The zero-order valence-corrected chi connectivity index (χ0v) is 13.4. The highest BCUT2D eigenvalue weighted by atomic mass is 16.3. The van der Waals surface area contributed by atoms with Crippen molar-refractivity contribution in [1.29, 1.82) is 0 Å². The summed E-state index contributed by atoms with van der Waals surface area (Å²) in [5.41, 5.74) is 0.245. The Bertz CT molecular complexity index is 584. The van der Waals surface area contributed by atoms with Gasteiger partial charge in [0, 0.05) is 18.3 Å². The third kappa shape index (κ3) is 2.81. The highest BCUT2D eigenvalue weighted by Crippen LogP contribution is 2.53. The van der Waals surface area contributed by atoms with E-state index in [1.54, 1.807) is 18.4 Å². The highest BCUT2D eigenvalue weighted by Gasteiger charge is 2.48. The summed E-state index contributed by atoms with van der Waals surface area (Å²) in [6.45, 7) is 4.36. The molecular weight excluding hydrogens is 276 g/mol. The van der Waals surface area contributed by atoms with Crippen molar-refractivity contribution in [3.05, 3.63) is 30.2 Å². The fraction of sp³-hybridized carbons (Fsp3) is 0.579. The molecule has 22 heavy (non-hydrogen) atoms. The van der Waals surface area contributed by atoms with Crippen LogP contribution in [0.5, 0.6) is 0 Å². The van der Waals surface area contributed by atoms with Crippen molar-refractivity contribution >= 4 is 17.6 Å². The number of rotatable bonds is 3. The summed E-state index contributed by atoms with van der Waals surface area (Å²) in [7, 11) is 0. The van der Waals surface area contributed by atoms with Crippen molar-refractivity contribution in [2.45, 2.75) is 46.0 Å². The summed E-state index contributed by atoms with van der Waals surface area (Å²) in [5.74, 6) is 1.76. The Labute approximate surface area is 131 Å². The van der Waals surface area contributed by atoms with Crippen LogP contribution in [0.4, 0.5) is 0 Å². The van der Waals surface area contributed by atoms with E-state index >= 15 is 0 Å². The van der Waals surface area contributed by atoms with E-state index in [0.29, 0.717) is 23.9 Å². The molecule has 118 valence electrons. The molecular formula is C19H24O3. The van der Waals surface area contributed by atoms with Crippen LogP contribution in [0.2, 0.25) is 0 Å². The maximum atomic E-state index is 12.4. The smallest absolute Gasteiger partial charge is 0.158 e. The first-order valence-corrected chi connectivity index (χ1v) is 8.28. The topological polar surface area (TPSA) is 47.3 Å². The average Bonchev–Trinajstić information content (AvgIpc) is 3.02. The van der Waals surface area contributed by atoms with E-state index in [1.165, 1.54) is 0 Å². The van der Waals surface area contributed by atoms with E-state index < -0.39 is 0 Å². The van der Waals surface area contributed by atoms with Crippen LogP contribution in [-0.4, -0.2) is 11.6 Å². The quantitative estimate of drug-likeness (QED) is 0.783. The molecule has 4 unspecified atom stereocenters. The van der Waals surface area contributed by atoms with Gasteiger partial charge in [-0.05, 0) is 61.3 Å². The molecule has 2 aliphatic rings. The third-order valence-electron chi connectivity index (χ3n) is 5.91. The predicted molar refractivity (Wildman–Crippen MR) is 85.1 cm³/mol. The molecule has 0 saturated heterocycles. The first-order valence-electron chi connectivity index (χ1n) is 8.28. The standard InChI is InChI=1S/C19H24O3/c1-13-16-12-14(7-9-19(16,2)10-8-17(13)20)18(21)6-5-15-4-3-11-22-15/h3-6,11,13-14,16H,7-10,12H2,1-2H3/b6-5+. The van der Waals surface area contributed by atoms with Crippen LogP contribution >= 0.6 is 0 Å². The minimum atomic E-state index is 0.0534. The molecule has 2 fully saturated rings. The van der Waals surface area contributed by atoms with Crippen LogP contribution in [0.1, 0.15) is 51.7 Å². The number of hydrogen-bond acceptors (Lipinski definition) is 3. The van der Waals surface area contributed by atoms with E-state index in [9.17, 15) is 9.59 Å². The normalized spacial score (nSPS) is 35.5. The van der Waals surface area contributed by atoms with E-state index in [0.717, 1.165) is 25.7 Å². The van der Waals surface area contributed by atoms with E-state index in [2.05, 4.69) is 13.8 Å². The largest absolute Gasteiger partial charge is 0.465 e. The Morgan fingerprint density at radius 3 is 2.95 bits per heavy atom. The van der Waals surface area contributed by atoms with Crippen molar-refractivity contribution < 1.29 is 14.0 Å². The molecule has 0 spiro atoms. The van der Waals surface area contributed by atoms with Gasteiger partial charge in [-0.15, -0.1) is 0 Å². The second-order valence-electron chi connectivity index (χ2n) is 7.24. The lowest BCUT2D eigenvalue weighted by Crippen LogP contribution is -2.45. The summed E-state index contributed by atoms with van der Waals surface area (Å²) in [6, 6.07) is 3.65. The van der Waals surface area contributed by atoms with E-state index in [1.807, 2.05) is 12.1 Å². The molecule has 0 amide bonds. The number of carbonyl (C=O) groups is 2. The average molecular weight is 300 g/mol. The monoisotopic (exact) mass is 300 g/mol. The number of Topliss-reactive ketones (excluding diaryl/α,β-unsaturated/α-hetero) is 1. The SMILES string of the molecule is CC1C(=O)CCC2(C)CCC(C(=O)/C=C/c3ccco3)CC12. The second kappa shape index (κ2) is 5.86. The minimum absolute atomic E-state index is 0.0534. The molecule has 0 bridgehead atoms. The summed E-state index contributed by atoms with van der Waals surface area (Å²) in [4.78, 5) is 24.5. The van der Waals surface area contributed by atoms with Gasteiger partial charge in [-0.3, -0.25) is 9.59 Å². The first kappa shape index (κ1) is 15.3. The van der Waals surface area contributed by atoms with Gasteiger partial charge in [0.2, 0.25) is 0 Å². The van der Waals surface area contributed by atoms with Gasteiger partial charge in [0.05, 0.1) is 6.26 Å². The van der Waals surface area contributed by atoms with Crippen LogP contribution < -0.4 is 0 Å². The molecule has 3 nitrogen and oxygen atoms in total. The molecule has 1 aromatic heterocycles. The molecule has 1 heterocycles. The van der Waals surface area contributed by atoms with Gasteiger partial charge in [0.1, 0.15) is 11.5 Å². The Morgan fingerprint density at radius 2 is 2.23 bits per heavy atom. The van der Waals surface area contributed by atoms with Gasteiger partial charge in [0.15, 0.2) is 5.78 Å². The third-order valence-corrected chi connectivity index (χ3v) is 5.91. The summed E-state index contributed by atoms with van der Waals surface area (Å²) >= 11 is 0. The summed E-state index contributed by atoms with van der Waals surface area (Å²) in [6.07, 6.45) is 9.54. The molecule has 0 radical (unpaired) electrons. The number of furan rings is 1. The zero-order valence-electron chi connectivity index (χ0n) is 13.4. The molecule has 1 aromatic rings. The molecule has 3 rings (SSSR count). The predicted octanol–water partition coefficient (Wildman–Crippen LogP) is 4.28. The van der Waals surface area contributed by atoms with Crippen LogP contribution in [0.3, 0.4) is 0 Å². The van der Waals surface area contributed by atoms with Gasteiger partial charge < -0.3 is 4.42 Å². The van der Waals surface area contributed by atoms with Gasteiger partial charge in [-0.25, -0.2) is 0 Å². The van der Waals surface area contributed by atoms with Crippen LogP contribution in [0, 0.1) is 23.2 Å². The van der Waals surface area contributed by atoms with Crippen LogP contribution in [0.15, 0.2) is 28.9 Å². The second-order valence-corrected chi connectivity index (χ2v) is 7.24. The maximum absolute atomic E-state index is 12.4. The number of carbonyl (C=O) groups excluding carboxylic acids is 2. The van der Waals surface area contributed by atoms with Crippen LogP contribution in [-0.2, 0) is 9.59 Å². The molecule has 2 aliphatic carbocycles.